The Balaban J connectivity index is 1.63. The molecule has 2 rings (SSSR count). The predicted octanol–water partition coefficient (Wildman–Crippen LogP) is 3.65. The molecule has 17 heavy (non-hydrogen) atoms. The lowest BCUT2D eigenvalue weighted by molar-refractivity contribution is 0.328. The predicted molar refractivity (Wildman–Crippen MR) is 78.7 cm³/mol. The van der Waals surface area contributed by atoms with Crippen LogP contribution in [0.2, 0.25) is 0 Å². The zero-order valence-corrected chi connectivity index (χ0v) is 12.8. The van der Waals surface area contributed by atoms with Crippen LogP contribution >= 0.6 is 27.3 Å². The monoisotopic (exact) mass is 316 g/mol. The lowest BCUT2D eigenvalue weighted by Gasteiger charge is -2.16. The number of hydrogen-bond donors (Lipinski definition) is 1. The third-order valence-electron chi connectivity index (χ3n) is 3.34. The highest BCUT2D eigenvalue weighted by Crippen LogP contribution is 2.28. The summed E-state index contributed by atoms with van der Waals surface area (Å²) in [7, 11) is 0. The number of thiophene rings is 1. The quantitative estimate of drug-likeness (QED) is 0.806. The van der Waals surface area contributed by atoms with Gasteiger partial charge in [0.15, 0.2) is 0 Å². The summed E-state index contributed by atoms with van der Waals surface area (Å²) in [6.45, 7) is 7.23. The highest BCUT2D eigenvalue weighted by atomic mass is 79.9. The van der Waals surface area contributed by atoms with Crippen molar-refractivity contribution in [2.45, 2.75) is 32.2 Å². The fourth-order valence-electron chi connectivity index (χ4n) is 2.33. The molecule has 0 aromatic carbocycles. The number of nitrogens with one attached hydrogen (secondary N) is 1. The van der Waals surface area contributed by atoms with Gasteiger partial charge in [-0.15, -0.1) is 11.3 Å². The summed E-state index contributed by atoms with van der Waals surface area (Å²) >= 11 is 5.41. The molecule has 4 heteroatoms. The van der Waals surface area contributed by atoms with Gasteiger partial charge in [-0.25, -0.2) is 0 Å². The average Bonchev–Trinajstić information content (AvgIpc) is 2.95. The lowest BCUT2D eigenvalue weighted by Crippen LogP contribution is -2.26. The summed E-state index contributed by atoms with van der Waals surface area (Å²) in [5, 5.41) is 5.74. The fourth-order valence-corrected chi connectivity index (χ4v) is 4.08. The average molecular weight is 317 g/mol. The van der Waals surface area contributed by atoms with Crippen molar-refractivity contribution in [1.82, 2.24) is 10.2 Å². The second kappa shape index (κ2) is 6.88. The van der Waals surface area contributed by atoms with Crippen LogP contribution in [-0.2, 0) is 0 Å². The Morgan fingerprint density at radius 3 is 2.88 bits per heavy atom. The van der Waals surface area contributed by atoms with Crippen molar-refractivity contribution < 1.29 is 0 Å². The van der Waals surface area contributed by atoms with Crippen LogP contribution in [0.1, 0.15) is 37.1 Å². The molecular formula is C13H21BrN2S. The summed E-state index contributed by atoms with van der Waals surface area (Å²) in [5.41, 5.74) is 0. The van der Waals surface area contributed by atoms with Crippen molar-refractivity contribution in [2.75, 3.05) is 26.2 Å². The van der Waals surface area contributed by atoms with Crippen LogP contribution in [0.25, 0.3) is 0 Å². The molecule has 1 aromatic rings. The number of rotatable bonds is 6. The van der Waals surface area contributed by atoms with E-state index in [1.807, 2.05) is 11.3 Å². The molecule has 1 atom stereocenters. The Kier molecular flexibility index (Phi) is 5.48. The summed E-state index contributed by atoms with van der Waals surface area (Å²) < 4.78 is 1.24. The number of likely N-dealkylation sites (tertiary alicyclic amines) is 1. The molecule has 0 amide bonds. The normalized spacial score (nSPS) is 18.7. The molecular weight excluding hydrogens is 296 g/mol. The Morgan fingerprint density at radius 1 is 1.47 bits per heavy atom. The van der Waals surface area contributed by atoms with Crippen molar-refractivity contribution in [1.29, 1.82) is 0 Å². The van der Waals surface area contributed by atoms with E-state index in [2.05, 4.69) is 44.5 Å². The van der Waals surface area contributed by atoms with E-state index >= 15 is 0 Å². The number of nitrogens with zero attached hydrogens (tertiary/aromatic N) is 1. The van der Waals surface area contributed by atoms with E-state index in [0.29, 0.717) is 6.04 Å². The maximum absolute atomic E-state index is 3.60. The van der Waals surface area contributed by atoms with Gasteiger partial charge in [-0.05, 0) is 79.7 Å². The zero-order valence-electron chi connectivity index (χ0n) is 10.4. The van der Waals surface area contributed by atoms with E-state index in [1.165, 1.54) is 48.2 Å². The first-order valence-electron chi connectivity index (χ1n) is 6.46. The molecule has 1 fully saturated rings. The SMILES string of the molecule is CC(NCCCN1CCCC1)c1sccc1Br. The van der Waals surface area contributed by atoms with Gasteiger partial charge in [0.05, 0.1) is 0 Å². The second-order valence-corrected chi connectivity index (χ2v) is 6.51. The second-order valence-electron chi connectivity index (χ2n) is 4.71. The highest BCUT2D eigenvalue weighted by molar-refractivity contribution is 9.10. The highest BCUT2D eigenvalue weighted by Gasteiger charge is 2.12. The first-order chi connectivity index (χ1) is 8.27. The van der Waals surface area contributed by atoms with Crippen molar-refractivity contribution in [3.63, 3.8) is 0 Å². The van der Waals surface area contributed by atoms with Crippen molar-refractivity contribution in [3.8, 4) is 0 Å². The molecule has 96 valence electrons. The third-order valence-corrected chi connectivity index (χ3v) is 5.39. The van der Waals surface area contributed by atoms with E-state index in [1.54, 1.807) is 0 Å². The van der Waals surface area contributed by atoms with Crippen molar-refractivity contribution in [3.05, 3.63) is 20.8 Å². The van der Waals surface area contributed by atoms with Gasteiger partial charge in [0.2, 0.25) is 0 Å². The van der Waals surface area contributed by atoms with E-state index in [-0.39, 0.29) is 0 Å². The van der Waals surface area contributed by atoms with E-state index in [0.717, 1.165) is 6.54 Å². The molecule has 0 radical (unpaired) electrons. The van der Waals surface area contributed by atoms with Crippen LogP contribution in [0.5, 0.6) is 0 Å². The minimum absolute atomic E-state index is 0.461. The molecule has 1 aromatic heterocycles. The van der Waals surface area contributed by atoms with Crippen LogP contribution in [0, 0.1) is 0 Å². The van der Waals surface area contributed by atoms with Gasteiger partial charge in [0.25, 0.3) is 0 Å². The Hall–Kier alpha value is 0.100. The van der Waals surface area contributed by atoms with Gasteiger partial charge in [0, 0.05) is 15.4 Å². The number of hydrogen-bond acceptors (Lipinski definition) is 3. The standard InChI is InChI=1S/C13H21BrN2S/c1-11(13-12(14)5-10-17-13)15-6-4-9-16-7-2-3-8-16/h5,10-11,15H,2-4,6-9H2,1H3. The van der Waals surface area contributed by atoms with Crippen molar-refractivity contribution >= 4 is 27.3 Å². The molecule has 0 saturated carbocycles. The summed E-state index contributed by atoms with van der Waals surface area (Å²) in [5.74, 6) is 0. The Labute approximate surface area is 117 Å². The van der Waals surface area contributed by atoms with E-state index < -0.39 is 0 Å². The first-order valence-corrected chi connectivity index (χ1v) is 8.13. The molecule has 0 aliphatic carbocycles. The van der Waals surface area contributed by atoms with Crippen LogP contribution in [0.15, 0.2) is 15.9 Å². The third kappa shape index (κ3) is 4.05. The molecule has 1 N–H and O–H groups in total. The van der Waals surface area contributed by atoms with Crippen LogP contribution in [0.4, 0.5) is 0 Å². The zero-order chi connectivity index (χ0) is 12.1. The molecule has 1 aliphatic heterocycles. The van der Waals surface area contributed by atoms with Crippen LogP contribution in [-0.4, -0.2) is 31.1 Å². The molecule has 0 spiro atoms. The Bertz CT molecular complexity index is 334. The van der Waals surface area contributed by atoms with Gasteiger partial charge in [-0.3, -0.25) is 0 Å². The molecule has 1 unspecified atom stereocenters. The van der Waals surface area contributed by atoms with Gasteiger partial charge in [0.1, 0.15) is 0 Å². The molecule has 2 heterocycles. The molecule has 0 bridgehead atoms. The summed E-state index contributed by atoms with van der Waals surface area (Å²) in [6.07, 6.45) is 4.05. The van der Waals surface area contributed by atoms with Crippen LogP contribution in [0.3, 0.4) is 0 Å². The molecule has 1 aliphatic rings. The summed E-state index contributed by atoms with van der Waals surface area (Å²) in [6, 6.07) is 2.59. The lowest BCUT2D eigenvalue weighted by atomic mass is 10.2. The minimum Gasteiger partial charge on any atom is -0.309 e. The van der Waals surface area contributed by atoms with Gasteiger partial charge < -0.3 is 10.2 Å². The van der Waals surface area contributed by atoms with Gasteiger partial charge in [-0.2, -0.15) is 0 Å². The first kappa shape index (κ1) is 13.5. The minimum atomic E-state index is 0.461. The molecule has 2 nitrogen and oxygen atoms in total. The largest absolute Gasteiger partial charge is 0.309 e. The van der Waals surface area contributed by atoms with Crippen molar-refractivity contribution in [2.24, 2.45) is 0 Å². The summed E-state index contributed by atoms with van der Waals surface area (Å²) in [4.78, 5) is 3.99. The smallest absolute Gasteiger partial charge is 0.0397 e. The van der Waals surface area contributed by atoms with Gasteiger partial charge in [-0.1, -0.05) is 0 Å². The maximum Gasteiger partial charge on any atom is 0.0397 e. The van der Waals surface area contributed by atoms with Gasteiger partial charge >= 0.3 is 0 Å². The fraction of sp³-hybridized carbons (Fsp3) is 0.692. The topological polar surface area (TPSA) is 15.3 Å². The van der Waals surface area contributed by atoms with E-state index in [9.17, 15) is 0 Å². The number of halogens is 1. The van der Waals surface area contributed by atoms with E-state index in [4.69, 9.17) is 0 Å². The van der Waals surface area contributed by atoms with Crippen LogP contribution < -0.4 is 5.32 Å². The Morgan fingerprint density at radius 2 is 2.24 bits per heavy atom. The maximum atomic E-state index is 3.60. The molecule has 1 saturated heterocycles.